The summed E-state index contributed by atoms with van der Waals surface area (Å²) in [6.45, 7) is 0.618. The molecule has 0 unspecified atom stereocenters. The highest BCUT2D eigenvalue weighted by Gasteiger charge is 2.14. The Balaban J connectivity index is 1.71. The quantitative estimate of drug-likeness (QED) is 0.729. The van der Waals surface area contributed by atoms with Crippen molar-refractivity contribution in [2.75, 3.05) is 5.32 Å². The van der Waals surface area contributed by atoms with Gasteiger partial charge in [-0.05, 0) is 17.7 Å². The zero-order valence-corrected chi connectivity index (χ0v) is 13.4. The van der Waals surface area contributed by atoms with E-state index in [0.29, 0.717) is 12.2 Å². The van der Waals surface area contributed by atoms with E-state index in [1.807, 2.05) is 30.3 Å². The zero-order valence-electron chi connectivity index (χ0n) is 11.9. The highest BCUT2D eigenvalue weighted by molar-refractivity contribution is 6.35. The first kappa shape index (κ1) is 15.5. The van der Waals surface area contributed by atoms with Crippen LogP contribution in [0.1, 0.15) is 16.1 Å². The number of aromatic nitrogens is 3. The molecule has 5 nitrogen and oxygen atoms in total. The zero-order chi connectivity index (χ0) is 16.2. The molecule has 3 rings (SSSR count). The van der Waals surface area contributed by atoms with Gasteiger partial charge in [0.2, 0.25) is 0 Å². The normalized spacial score (nSPS) is 10.5. The van der Waals surface area contributed by atoms with Gasteiger partial charge in [-0.15, -0.1) is 0 Å². The second-order valence-electron chi connectivity index (χ2n) is 4.83. The molecule has 3 aromatic rings. The van der Waals surface area contributed by atoms with Crippen molar-refractivity contribution in [3.63, 3.8) is 0 Å². The number of anilines is 1. The first-order valence-electron chi connectivity index (χ1n) is 6.81. The van der Waals surface area contributed by atoms with Crippen molar-refractivity contribution in [3.8, 4) is 0 Å². The molecule has 0 bridgehead atoms. The van der Waals surface area contributed by atoms with E-state index in [1.165, 1.54) is 12.1 Å². The molecule has 0 atom stereocenters. The standard InChI is InChI=1S/C16H12Cl2N4O/c17-13-6-7-14(18)21-15(13)16(23)20-12-8-19-22(10-12)9-11-4-2-1-3-5-11/h1-8,10H,9H2,(H,20,23). The van der Waals surface area contributed by atoms with E-state index in [-0.39, 0.29) is 15.9 Å². The van der Waals surface area contributed by atoms with Gasteiger partial charge in [0.1, 0.15) is 10.8 Å². The van der Waals surface area contributed by atoms with Crippen molar-refractivity contribution >= 4 is 34.8 Å². The summed E-state index contributed by atoms with van der Waals surface area (Å²) in [5.41, 5.74) is 1.76. The third-order valence-electron chi connectivity index (χ3n) is 3.11. The number of benzene rings is 1. The Kier molecular flexibility index (Phi) is 4.60. The minimum Gasteiger partial charge on any atom is -0.318 e. The molecule has 0 aliphatic carbocycles. The number of halogens is 2. The maximum Gasteiger partial charge on any atom is 0.275 e. The lowest BCUT2D eigenvalue weighted by molar-refractivity contribution is 0.102. The summed E-state index contributed by atoms with van der Waals surface area (Å²) in [6.07, 6.45) is 3.31. The van der Waals surface area contributed by atoms with Crippen molar-refractivity contribution in [2.24, 2.45) is 0 Å². The average Bonchev–Trinajstić information content (AvgIpc) is 2.97. The molecule has 2 heterocycles. The van der Waals surface area contributed by atoms with Gasteiger partial charge < -0.3 is 5.32 Å². The molecule has 0 saturated heterocycles. The number of rotatable bonds is 4. The van der Waals surface area contributed by atoms with Crippen molar-refractivity contribution in [3.05, 3.63) is 76.3 Å². The van der Waals surface area contributed by atoms with Crippen molar-refractivity contribution in [2.45, 2.75) is 6.54 Å². The Morgan fingerprint density at radius 2 is 1.91 bits per heavy atom. The van der Waals surface area contributed by atoms with Crippen LogP contribution in [-0.2, 0) is 6.54 Å². The summed E-state index contributed by atoms with van der Waals surface area (Å²) >= 11 is 11.8. The third-order valence-corrected chi connectivity index (χ3v) is 3.62. The molecule has 0 radical (unpaired) electrons. The number of nitrogens with one attached hydrogen (secondary N) is 1. The Morgan fingerprint density at radius 3 is 2.70 bits per heavy atom. The first-order valence-corrected chi connectivity index (χ1v) is 7.57. The molecule has 1 N–H and O–H groups in total. The minimum atomic E-state index is -0.434. The number of nitrogens with zero attached hydrogens (tertiary/aromatic N) is 3. The van der Waals surface area contributed by atoms with E-state index in [2.05, 4.69) is 15.4 Å². The van der Waals surface area contributed by atoms with E-state index in [4.69, 9.17) is 23.2 Å². The van der Waals surface area contributed by atoms with Gasteiger partial charge in [0.15, 0.2) is 0 Å². The van der Waals surface area contributed by atoms with E-state index in [1.54, 1.807) is 17.1 Å². The summed E-state index contributed by atoms with van der Waals surface area (Å²) in [6, 6.07) is 13.0. The second-order valence-corrected chi connectivity index (χ2v) is 5.63. The lowest BCUT2D eigenvalue weighted by atomic mass is 10.2. The molecule has 2 aromatic heterocycles. The second kappa shape index (κ2) is 6.81. The van der Waals surface area contributed by atoms with Gasteiger partial charge in [-0.2, -0.15) is 5.10 Å². The van der Waals surface area contributed by atoms with Gasteiger partial charge in [-0.3, -0.25) is 9.48 Å². The molecular formula is C16H12Cl2N4O. The van der Waals surface area contributed by atoms with Crippen LogP contribution in [0.15, 0.2) is 54.9 Å². The monoisotopic (exact) mass is 346 g/mol. The van der Waals surface area contributed by atoms with E-state index in [9.17, 15) is 4.79 Å². The summed E-state index contributed by atoms with van der Waals surface area (Å²) < 4.78 is 1.73. The molecular weight excluding hydrogens is 335 g/mol. The number of carbonyl (C=O) groups is 1. The summed E-state index contributed by atoms with van der Waals surface area (Å²) in [5, 5.41) is 7.37. The van der Waals surface area contributed by atoms with Crippen LogP contribution in [0.5, 0.6) is 0 Å². The van der Waals surface area contributed by atoms with Crippen LogP contribution >= 0.6 is 23.2 Å². The van der Waals surface area contributed by atoms with Crippen molar-refractivity contribution in [1.82, 2.24) is 14.8 Å². The van der Waals surface area contributed by atoms with Crippen LogP contribution < -0.4 is 5.32 Å². The van der Waals surface area contributed by atoms with Gasteiger partial charge in [0.05, 0.1) is 23.5 Å². The molecule has 0 aliphatic rings. The maximum absolute atomic E-state index is 12.2. The lowest BCUT2D eigenvalue weighted by Crippen LogP contribution is -2.14. The largest absolute Gasteiger partial charge is 0.318 e. The predicted octanol–water partition coefficient (Wildman–Crippen LogP) is 3.89. The molecule has 1 amide bonds. The van der Waals surface area contributed by atoms with Crippen molar-refractivity contribution in [1.29, 1.82) is 0 Å². The third kappa shape index (κ3) is 3.88. The molecule has 1 aromatic carbocycles. The van der Waals surface area contributed by atoms with E-state index < -0.39 is 5.91 Å². The van der Waals surface area contributed by atoms with Crippen LogP contribution in [0.3, 0.4) is 0 Å². The van der Waals surface area contributed by atoms with Crippen LogP contribution in [0.4, 0.5) is 5.69 Å². The molecule has 7 heteroatoms. The number of amides is 1. The summed E-state index contributed by atoms with van der Waals surface area (Å²) in [4.78, 5) is 16.1. The SMILES string of the molecule is O=C(Nc1cnn(Cc2ccccc2)c1)c1nc(Cl)ccc1Cl. The fourth-order valence-electron chi connectivity index (χ4n) is 2.05. The minimum absolute atomic E-state index is 0.0787. The number of hydrogen-bond acceptors (Lipinski definition) is 3. The molecule has 0 aliphatic heterocycles. The molecule has 0 fully saturated rings. The van der Waals surface area contributed by atoms with Crippen LogP contribution in [0.25, 0.3) is 0 Å². The Hall–Kier alpha value is -2.37. The maximum atomic E-state index is 12.2. The fraction of sp³-hybridized carbons (Fsp3) is 0.0625. The topological polar surface area (TPSA) is 59.8 Å². The van der Waals surface area contributed by atoms with Gasteiger partial charge >= 0.3 is 0 Å². The van der Waals surface area contributed by atoms with Crippen LogP contribution in [0.2, 0.25) is 10.2 Å². The number of pyridine rings is 1. The van der Waals surface area contributed by atoms with Crippen LogP contribution in [0, 0.1) is 0 Å². The van der Waals surface area contributed by atoms with Gasteiger partial charge in [0, 0.05) is 6.20 Å². The molecule has 116 valence electrons. The van der Waals surface area contributed by atoms with E-state index >= 15 is 0 Å². The Morgan fingerprint density at radius 1 is 1.13 bits per heavy atom. The first-order chi connectivity index (χ1) is 11.1. The molecule has 0 saturated carbocycles. The van der Waals surface area contributed by atoms with E-state index in [0.717, 1.165) is 5.56 Å². The number of hydrogen-bond donors (Lipinski definition) is 1. The smallest absolute Gasteiger partial charge is 0.275 e. The summed E-state index contributed by atoms with van der Waals surface area (Å²) in [7, 11) is 0. The van der Waals surface area contributed by atoms with Gasteiger partial charge in [0.25, 0.3) is 5.91 Å². The van der Waals surface area contributed by atoms with Gasteiger partial charge in [-0.1, -0.05) is 53.5 Å². The predicted molar refractivity (Wildman–Crippen MR) is 90.0 cm³/mol. The molecule has 0 spiro atoms. The summed E-state index contributed by atoms with van der Waals surface area (Å²) in [5.74, 6) is -0.434. The Labute approximate surface area is 142 Å². The van der Waals surface area contributed by atoms with Crippen LogP contribution in [-0.4, -0.2) is 20.7 Å². The molecule has 23 heavy (non-hydrogen) atoms. The lowest BCUT2D eigenvalue weighted by Gasteiger charge is -2.04. The van der Waals surface area contributed by atoms with Gasteiger partial charge in [-0.25, -0.2) is 4.98 Å². The number of carbonyl (C=O) groups excluding carboxylic acids is 1. The fourth-order valence-corrected chi connectivity index (χ4v) is 2.39. The Bertz CT molecular complexity index is 833. The van der Waals surface area contributed by atoms with Crippen molar-refractivity contribution < 1.29 is 4.79 Å². The highest BCUT2D eigenvalue weighted by Crippen LogP contribution is 2.18. The highest BCUT2D eigenvalue weighted by atomic mass is 35.5. The average molecular weight is 347 g/mol.